The predicted molar refractivity (Wildman–Crippen MR) is 78.4 cm³/mol. The van der Waals surface area contributed by atoms with Gasteiger partial charge in [-0.3, -0.25) is 0 Å². The van der Waals surface area contributed by atoms with E-state index in [1.165, 1.54) is 12.1 Å². The van der Waals surface area contributed by atoms with Gasteiger partial charge in [-0.2, -0.15) is 36.5 Å². The van der Waals surface area contributed by atoms with E-state index in [4.69, 9.17) is 0 Å². The van der Waals surface area contributed by atoms with Crippen LogP contribution in [0, 0.1) is 0 Å². The van der Waals surface area contributed by atoms with Crippen molar-refractivity contribution in [3.63, 3.8) is 0 Å². The number of rotatable bonds is 3. The molecule has 1 saturated heterocycles. The van der Waals surface area contributed by atoms with Gasteiger partial charge in [-0.25, -0.2) is 4.98 Å². The summed E-state index contributed by atoms with van der Waals surface area (Å²) in [5.41, 5.74) is 0. The van der Waals surface area contributed by atoms with Crippen LogP contribution in [0.4, 0.5) is 11.9 Å². The zero-order valence-electron chi connectivity index (χ0n) is 11.2. The molecule has 3 rings (SSSR count). The monoisotopic (exact) mass is 292 g/mol. The average Bonchev–Trinajstić information content (AvgIpc) is 2.89. The van der Waals surface area contributed by atoms with Gasteiger partial charge in [0.25, 0.3) is 5.95 Å². The SMILES string of the molecule is CNc1nc(N2CCCSCC2)nc(-n2cncn2)n1. The average molecular weight is 292 g/mol. The summed E-state index contributed by atoms with van der Waals surface area (Å²) >= 11 is 1.97. The highest BCUT2D eigenvalue weighted by atomic mass is 32.2. The fourth-order valence-electron chi connectivity index (χ4n) is 1.97. The summed E-state index contributed by atoms with van der Waals surface area (Å²) < 4.78 is 1.54. The van der Waals surface area contributed by atoms with Crippen LogP contribution in [0.2, 0.25) is 0 Å². The van der Waals surface area contributed by atoms with Crippen LogP contribution in [0.3, 0.4) is 0 Å². The Morgan fingerprint density at radius 3 is 2.85 bits per heavy atom. The molecule has 0 spiro atoms. The number of hydrogen-bond acceptors (Lipinski definition) is 8. The molecule has 0 bridgehead atoms. The molecule has 106 valence electrons. The van der Waals surface area contributed by atoms with E-state index in [9.17, 15) is 0 Å². The fraction of sp³-hybridized carbons (Fsp3) is 0.545. The lowest BCUT2D eigenvalue weighted by Crippen LogP contribution is -2.28. The first-order chi connectivity index (χ1) is 9.86. The highest BCUT2D eigenvalue weighted by molar-refractivity contribution is 7.99. The van der Waals surface area contributed by atoms with E-state index in [1.807, 2.05) is 11.8 Å². The fourth-order valence-corrected chi connectivity index (χ4v) is 2.85. The molecule has 0 aromatic carbocycles. The van der Waals surface area contributed by atoms with Crippen molar-refractivity contribution in [2.45, 2.75) is 6.42 Å². The van der Waals surface area contributed by atoms with E-state index in [0.29, 0.717) is 17.8 Å². The first-order valence-corrected chi connectivity index (χ1v) is 7.64. The molecule has 1 aliphatic heterocycles. The van der Waals surface area contributed by atoms with E-state index in [-0.39, 0.29) is 0 Å². The summed E-state index contributed by atoms with van der Waals surface area (Å²) in [5, 5.41) is 7.04. The van der Waals surface area contributed by atoms with Crippen molar-refractivity contribution in [1.82, 2.24) is 29.7 Å². The Morgan fingerprint density at radius 1 is 1.15 bits per heavy atom. The highest BCUT2D eigenvalue weighted by Gasteiger charge is 2.16. The van der Waals surface area contributed by atoms with Crippen LogP contribution in [-0.4, -0.2) is 61.4 Å². The van der Waals surface area contributed by atoms with Gasteiger partial charge < -0.3 is 10.2 Å². The normalized spacial score (nSPS) is 15.9. The van der Waals surface area contributed by atoms with E-state index in [2.05, 4.69) is 35.3 Å². The number of nitrogens with one attached hydrogen (secondary N) is 1. The first-order valence-electron chi connectivity index (χ1n) is 6.48. The topological polar surface area (TPSA) is 84.7 Å². The zero-order chi connectivity index (χ0) is 13.8. The Bertz CT molecular complexity index is 550. The van der Waals surface area contributed by atoms with Gasteiger partial charge in [-0.15, -0.1) is 0 Å². The van der Waals surface area contributed by atoms with Crippen LogP contribution >= 0.6 is 11.8 Å². The molecule has 1 aliphatic rings. The maximum Gasteiger partial charge on any atom is 0.258 e. The molecular weight excluding hydrogens is 276 g/mol. The van der Waals surface area contributed by atoms with Crippen LogP contribution in [0.1, 0.15) is 6.42 Å². The van der Waals surface area contributed by atoms with Gasteiger partial charge in [0.1, 0.15) is 12.7 Å². The number of anilines is 2. The first kappa shape index (κ1) is 13.1. The number of thioether (sulfide) groups is 1. The van der Waals surface area contributed by atoms with Gasteiger partial charge in [0.15, 0.2) is 0 Å². The predicted octanol–water partition coefficient (Wildman–Crippen LogP) is 0.437. The summed E-state index contributed by atoms with van der Waals surface area (Å²) in [5.74, 6) is 4.00. The van der Waals surface area contributed by atoms with Crippen molar-refractivity contribution >= 4 is 23.7 Å². The van der Waals surface area contributed by atoms with Gasteiger partial charge in [-0.1, -0.05) is 0 Å². The number of nitrogens with zero attached hydrogens (tertiary/aromatic N) is 7. The van der Waals surface area contributed by atoms with Gasteiger partial charge in [0.2, 0.25) is 11.9 Å². The summed E-state index contributed by atoms with van der Waals surface area (Å²) in [6, 6.07) is 0. The van der Waals surface area contributed by atoms with E-state index < -0.39 is 0 Å². The Labute approximate surface area is 121 Å². The maximum atomic E-state index is 4.50. The third kappa shape index (κ3) is 2.82. The minimum absolute atomic E-state index is 0.480. The van der Waals surface area contributed by atoms with Crippen molar-refractivity contribution in [1.29, 1.82) is 0 Å². The summed E-state index contributed by atoms with van der Waals surface area (Å²) in [7, 11) is 1.79. The summed E-state index contributed by atoms with van der Waals surface area (Å²) in [4.78, 5) is 19.4. The van der Waals surface area contributed by atoms with Gasteiger partial charge in [0.05, 0.1) is 0 Å². The quantitative estimate of drug-likeness (QED) is 0.872. The molecule has 8 nitrogen and oxygen atoms in total. The third-order valence-corrected chi connectivity index (χ3v) is 4.01. The Kier molecular flexibility index (Phi) is 3.95. The number of hydrogen-bond donors (Lipinski definition) is 1. The molecule has 9 heteroatoms. The second-order valence-corrected chi connectivity index (χ2v) is 5.53. The van der Waals surface area contributed by atoms with E-state index in [1.54, 1.807) is 18.1 Å². The molecule has 2 aromatic heterocycles. The van der Waals surface area contributed by atoms with Crippen LogP contribution in [0.15, 0.2) is 12.7 Å². The molecule has 3 heterocycles. The van der Waals surface area contributed by atoms with Crippen LogP contribution in [0.5, 0.6) is 0 Å². The van der Waals surface area contributed by atoms with Crippen LogP contribution in [0.25, 0.3) is 5.95 Å². The minimum Gasteiger partial charge on any atom is -0.357 e. The Balaban J connectivity index is 1.95. The lowest BCUT2D eigenvalue weighted by Gasteiger charge is -2.20. The van der Waals surface area contributed by atoms with E-state index >= 15 is 0 Å². The highest BCUT2D eigenvalue weighted by Crippen LogP contribution is 2.17. The molecule has 20 heavy (non-hydrogen) atoms. The molecule has 0 amide bonds. The third-order valence-electron chi connectivity index (χ3n) is 2.96. The Morgan fingerprint density at radius 2 is 2.05 bits per heavy atom. The Hall–Kier alpha value is -1.90. The zero-order valence-corrected chi connectivity index (χ0v) is 12.0. The second kappa shape index (κ2) is 6.04. The van der Waals surface area contributed by atoms with Crippen molar-refractivity contribution < 1.29 is 0 Å². The van der Waals surface area contributed by atoms with Crippen molar-refractivity contribution in [3.05, 3.63) is 12.7 Å². The molecule has 0 atom stereocenters. The molecule has 0 unspecified atom stereocenters. The molecular formula is C11H16N8S. The largest absolute Gasteiger partial charge is 0.357 e. The number of aromatic nitrogens is 6. The van der Waals surface area contributed by atoms with Crippen molar-refractivity contribution in [2.75, 3.05) is 41.9 Å². The maximum absolute atomic E-state index is 4.50. The van der Waals surface area contributed by atoms with Crippen molar-refractivity contribution in [3.8, 4) is 5.95 Å². The minimum atomic E-state index is 0.480. The van der Waals surface area contributed by atoms with Crippen molar-refractivity contribution in [2.24, 2.45) is 0 Å². The van der Waals surface area contributed by atoms with E-state index in [0.717, 1.165) is 25.3 Å². The van der Waals surface area contributed by atoms with Gasteiger partial charge in [-0.05, 0) is 12.2 Å². The molecule has 1 N–H and O–H groups in total. The smallest absolute Gasteiger partial charge is 0.258 e. The van der Waals surface area contributed by atoms with Crippen LogP contribution < -0.4 is 10.2 Å². The molecule has 0 saturated carbocycles. The lowest BCUT2D eigenvalue weighted by atomic mass is 10.4. The lowest BCUT2D eigenvalue weighted by molar-refractivity contribution is 0.747. The standard InChI is InChI=1S/C11H16N8S/c1-12-9-15-10(18-3-2-5-20-6-4-18)17-11(16-9)19-8-13-7-14-19/h7-8H,2-6H2,1H3,(H,12,15,16,17). The second-order valence-electron chi connectivity index (χ2n) is 4.30. The van der Waals surface area contributed by atoms with Gasteiger partial charge in [0, 0.05) is 25.9 Å². The summed E-state index contributed by atoms with van der Waals surface area (Å²) in [6.07, 6.45) is 4.19. The van der Waals surface area contributed by atoms with Gasteiger partial charge >= 0.3 is 0 Å². The van der Waals surface area contributed by atoms with Crippen LogP contribution in [-0.2, 0) is 0 Å². The molecule has 0 aliphatic carbocycles. The molecule has 2 aromatic rings. The molecule has 1 fully saturated rings. The summed E-state index contributed by atoms with van der Waals surface area (Å²) in [6.45, 7) is 1.92. The molecule has 0 radical (unpaired) electrons.